The van der Waals surface area contributed by atoms with E-state index in [1.807, 2.05) is 0 Å². The van der Waals surface area contributed by atoms with Crippen molar-refractivity contribution in [1.29, 1.82) is 0 Å². The zero-order valence-corrected chi connectivity index (χ0v) is 100. The van der Waals surface area contributed by atoms with E-state index in [1.165, 1.54) is 96.3 Å². The van der Waals surface area contributed by atoms with Crippen LogP contribution in [0, 0.1) is 0 Å². The van der Waals surface area contributed by atoms with Gasteiger partial charge in [-0.25, -0.2) is 0 Å². The third-order valence-corrected chi connectivity index (χ3v) is 35.7. The molecule has 5 saturated heterocycles. The van der Waals surface area contributed by atoms with Crippen LogP contribution >= 0.6 is 0 Å². The number of hydrogen-bond acceptors (Lipinski definition) is 28. The van der Waals surface area contributed by atoms with Crippen molar-refractivity contribution >= 4 is 53.5 Å². The van der Waals surface area contributed by atoms with Crippen LogP contribution in [0.4, 0.5) is 53.5 Å². The van der Waals surface area contributed by atoms with Gasteiger partial charge in [0.05, 0.1) is 30.5 Å². The molecule has 28 heteroatoms. The molecule has 0 radical (unpaired) electrons. The van der Waals surface area contributed by atoms with E-state index in [-0.39, 0.29) is 116 Å². The quantitative estimate of drug-likeness (QED) is 0.0481. The summed E-state index contributed by atoms with van der Waals surface area (Å²) in [6.45, 7) is 68.3. The van der Waals surface area contributed by atoms with Crippen LogP contribution in [0.15, 0.2) is 0 Å². The van der Waals surface area contributed by atoms with Gasteiger partial charge in [-0.1, -0.05) is 189 Å². The Balaban J connectivity index is 0.888. The first-order valence-electron chi connectivity index (χ1n) is 61.5. The monoisotopic (exact) mass is 2060 g/mol. The SMILES string of the molecule is CCCCN(C)c1nc(N(CCCC)CCCC)nc(N(CCCCCCN(c2nc(N(C)C3CC(C)(C)N(OC4CCCCC4)C(C)(C)C3)nc(N(CCCCCCN(c3nc(N(C)C)nc(N(CCCC)CCCC)n3)C3CC(C)(C)N(OC4CCCCC4)C(C)(C)C3)C3CC(C)(C)N(OC4CCCCC4)C(C)(C)C3)n2)C2CC(C)(C)N(OC3CCCCC3)C(C)(C)C2)C2CC(C)(C)N(OC3CCCCC3)C(C)(C)C2)n1. The molecule has 5 aliphatic heterocycles. The minimum atomic E-state index is -0.329. The van der Waals surface area contributed by atoms with Crippen molar-refractivity contribution in [2.45, 2.75) is 630 Å². The van der Waals surface area contributed by atoms with E-state index in [0.29, 0.717) is 0 Å². The van der Waals surface area contributed by atoms with Gasteiger partial charge in [-0.15, -0.1) is 0 Å². The molecule has 0 atom stereocenters. The lowest BCUT2D eigenvalue weighted by molar-refractivity contribution is -0.310. The summed E-state index contributed by atoms with van der Waals surface area (Å²) < 4.78 is 0. The fourth-order valence-corrected chi connectivity index (χ4v) is 28.9. The lowest BCUT2D eigenvalue weighted by atomic mass is 9.78. The molecular weight excluding hydrogens is 1840 g/mol. The average Bonchev–Trinajstić information content (AvgIpc) is 0.750. The third-order valence-electron chi connectivity index (χ3n) is 35.7. The zero-order valence-electron chi connectivity index (χ0n) is 100. The number of piperidine rings is 5. The van der Waals surface area contributed by atoms with Gasteiger partial charge in [0, 0.05) is 173 Å². The predicted molar refractivity (Wildman–Crippen MR) is 616 cm³/mol. The molecule has 5 aliphatic carbocycles. The molecule has 0 amide bonds. The van der Waals surface area contributed by atoms with Crippen molar-refractivity contribution in [3.05, 3.63) is 0 Å². The number of hydrogen-bond donors (Lipinski definition) is 0. The highest BCUT2D eigenvalue weighted by molar-refractivity contribution is 5.52. The van der Waals surface area contributed by atoms with Gasteiger partial charge in [-0.3, -0.25) is 24.2 Å². The Labute approximate surface area is 903 Å². The van der Waals surface area contributed by atoms with Gasteiger partial charge in [0.1, 0.15) is 0 Å². The van der Waals surface area contributed by atoms with E-state index >= 15 is 0 Å². The third kappa shape index (κ3) is 31.7. The van der Waals surface area contributed by atoms with Crippen LogP contribution in [0.1, 0.15) is 513 Å². The molecule has 846 valence electrons. The Morgan fingerprint density at radius 3 is 0.628 bits per heavy atom. The fourth-order valence-electron chi connectivity index (χ4n) is 28.9. The summed E-state index contributed by atoms with van der Waals surface area (Å²) in [6.07, 6.45) is 59.1. The van der Waals surface area contributed by atoms with E-state index in [4.69, 9.17) is 69.0 Å². The molecule has 148 heavy (non-hydrogen) atoms. The van der Waals surface area contributed by atoms with Gasteiger partial charge in [-0.2, -0.15) is 70.2 Å². The minimum absolute atomic E-state index is 0.0695. The summed E-state index contributed by atoms with van der Waals surface area (Å²) in [7, 11) is 8.72. The fraction of sp³-hybridized carbons (Fsp3) is 0.925. The first-order chi connectivity index (χ1) is 70.2. The standard InChI is InChI=1S/C120H221N23O5/c1-30-35-73-131(28)103-123-106(134(76-38-33-4)77-39-34-5)128-108(124-103)136(94-86-115(14,15)141(116(16,17)87-94)146-99-67-53-46-54-68-99)79-60-41-43-62-81-138(96-90-119(22,23)143(120(24,25)91-96)148-101-71-57-48-58-72-101)110-126-104(132(29)92-82-111(6,7)139(112(8,9)83-92)144-97-63-49-44-50-64-97)125-109(129-110)137(95-88-117(18,19)142(118(20,21)89-95)147-100-69-55-47-56-70-100)80-61-42-40-59-78-135(93-84-113(10,11)140(114(12,13)85-93)145-98-65-51-45-52-66-98)107-122-102(130(26)27)121-105(127-107)133(74-36-31-2)75-37-32-3/h92-101H,30-91H2,1-29H3. The summed E-state index contributed by atoms with van der Waals surface area (Å²) in [4.78, 5) is 111. The molecule has 10 fully saturated rings. The molecule has 0 aromatic carbocycles. The maximum atomic E-state index is 7.45. The van der Waals surface area contributed by atoms with Crippen molar-refractivity contribution < 1.29 is 24.2 Å². The van der Waals surface area contributed by atoms with Crippen LogP contribution in [-0.4, -0.2) is 273 Å². The van der Waals surface area contributed by atoms with Crippen molar-refractivity contribution in [3.63, 3.8) is 0 Å². The maximum Gasteiger partial charge on any atom is 0.232 e. The topological polar surface area (TPSA) is 208 Å². The molecule has 13 rings (SSSR count). The number of aromatic nitrogens is 9. The molecule has 0 bridgehead atoms. The average molecular weight is 2070 g/mol. The normalized spacial score (nSPS) is 23.5. The molecule has 0 N–H and O–H groups in total. The van der Waals surface area contributed by atoms with E-state index in [2.05, 4.69) is 271 Å². The number of anilines is 9. The smallest absolute Gasteiger partial charge is 0.232 e. The lowest BCUT2D eigenvalue weighted by Crippen LogP contribution is -2.65. The Morgan fingerprint density at radius 1 is 0.209 bits per heavy atom. The molecule has 5 saturated carbocycles. The van der Waals surface area contributed by atoms with Crippen molar-refractivity contribution in [2.24, 2.45) is 0 Å². The summed E-state index contributed by atoms with van der Waals surface area (Å²) in [6, 6.07) is 0.543. The van der Waals surface area contributed by atoms with Crippen LogP contribution < -0.4 is 44.1 Å². The summed E-state index contributed by atoms with van der Waals surface area (Å²) >= 11 is 0. The second-order valence-corrected chi connectivity index (χ2v) is 54.7. The Hall–Kier alpha value is -5.17. The molecule has 28 nitrogen and oxygen atoms in total. The number of unbranched alkanes of at least 4 members (excludes halogenated alkanes) is 11. The predicted octanol–water partition coefficient (Wildman–Crippen LogP) is 27.0. The van der Waals surface area contributed by atoms with Crippen LogP contribution in [-0.2, 0) is 24.2 Å². The highest BCUT2D eigenvalue weighted by Gasteiger charge is 2.57. The maximum absolute atomic E-state index is 7.45. The number of rotatable bonds is 53. The van der Waals surface area contributed by atoms with Crippen LogP contribution in [0.3, 0.4) is 0 Å². The van der Waals surface area contributed by atoms with Crippen molar-refractivity contribution in [1.82, 2.24) is 70.2 Å². The molecule has 0 unspecified atom stereocenters. The van der Waals surface area contributed by atoms with E-state index in [9.17, 15) is 0 Å². The van der Waals surface area contributed by atoms with Crippen LogP contribution in [0.5, 0.6) is 0 Å². The van der Waals surface area contributed by atoms with Crippen LogP contribution in [0.2, 0.25) is 0 Å². The van der Waals surface area contributed by atoms with Gasteiger partial charge in [0.25, 0.3) is 0 Å². The first kappa shape index (κ1) is 120. The minimum Gasteiger partial charge on any atom is -0.347 e. The molecule has 8 heterocycles. The van der Waals surface area contributed by atoms with E-state index in [1.54, 1.807) is 0 Å². The summed E-state index contributed by atoms with van der Waals surface area (Å²) in [5.41, 5.74) is -2.92. The molecule has 3 aromatic rings. The van der Waals surface area contributed by atoms with E-state index in [0.717, 1.165) is 356 Å². The Kier molecular flexibility index (Phi) is 43.1. The van der Waals surface area contributed by atoms with Crippen molar-refractivity contribution in [3.8, 4) is 0 Å². The van der Waals surface area contributed by atoms with Crippen molar-refractivity contribution in [2.75, 3.05) is 131 Å². The van der Waals surface area contributed by atoms with Crippen LogP contribution in [0.25, 0.3) is 0 Å². The lowest BCUT2D eigenvalue weighted by Gasteiger charge is -2.57. The number of nitrogens with zero attached hydrogens (tertiary/aromatic N) is 23. The second-order valence-electron chi connectivity index (χ2n) is 54.7. The van der Waals surface area contributed by atoms with Gasteiger partial charge < -0.3 is 44.1 Å². The molecule has 0 spiro atoms. The highest BCUT2D eigenvalue weighted by atomic mass is 16.7. The highest BCUT2D eigenvalue weighted by Crippen LogP contribution is 2.51. The molecule has 10 aliphatic rings. The van der Waals surface area contributed by atoms with E-state index < -0.39 is 0 Å². The van der Waals surface area contributed by atoms with Gasteiger partial charge in [0.2, 0.25) is 53.5 Å². The molecular formula is C120H221N23O5. The molecule has 3 aromatic heterocycles. The summed E-state index contributed by atoms with van der Waals surface area (Å²) in [5, 5.41) is 12.3. The van der Waals surface area contributed by atoms with Gasteiger partial charge >= 0.3 is 0 Å². The Bertz CT molecular complexity index is 4230. The first-order valence-corrected chi connectivity index (χ1v) is 61.5. The van der Waals surface area contributed by atoms with Gasteiger partial charge in [-0.05, 0) is 325 Å². The Morgan fingerprint density at radius 2 is 0.399 bits per heavy atom. The van der Waals surface area contributed by atoms with Gasteiger partial charge in [0.15, 0.2) is 0 Å². The summed E-state index contributed by atoms with van der Waals surface area (Å²) in [5.74, 6) is 7.09. The largest absolute Gasteiger partial charge is 0.347 e. The number of hydroxylamine groups is 10. The second kappa shape index (κ2) is 53.3. The zero-order chi connectivity index (χ0) is 107.